The molecule has 15 heteroatoms. The second-order valence-electron chi connectivity index (χ2n) is 12.9. The molecule has 0 aliphatic carbocycles. The number of hydrogen-bond donors (Lipinski definition) is 3. The van der Waals surface area contributed by atoms with Crippen molar-refractivity contribution in [2.45, 2.75) is 77.0 Å². The molecular formula is C34H44N6O9. The smallest absolute Gasteiger partial charge is 0.407 e. The van der Waals surface area contributed by atoms with Gasteiger partial charge >= 0.3 is 12.1 Å². The molecule has 1 aromatic carbocycles. The van der Waals surface area contributed by atoms with Crippen molar-refractivity contribution in [3.8, 4) is 5.75 Å². The van der Waals surface area contributed by atoms with Crippen molar-refractivity contribution in [1.82, 2.24) is 29.9 Å². The van der Waals surface area contributed by atoms with Crippen molar-refractivity contribution < 1.29 is 43.7 Å². The number of aromatic nitrogens is 1. The second kappa shape index (κ2) is 15.5. The number of carbonyl (C=O) groups excluding carboxylic acids is 4. The number of ether oxygens (including phenoxy) is 1. The van der Waals surface area contributed by atoms with Crippen LogP contribution in [0.1, 0.15) is 67.9 Å². The van der Waals surface area contributed by atoms with Gasteiger partial charge < -0.3 is 39.9 Å². The average molecular weight is 681 g/mol. The molecule has 0 spiro atoms. The summed E-state index contributed by atoms with van der Waals surface area (Å²) in [6.07, 6.45) is 1.63. The van der Waals surface area contributed by atoms with Gasteiger partial charge in [0.25, 0.3) is 11.8 Å². The highest BCUT2D eigenvalue weighted by Crippen LogP contribution is 2.29. The fourth-order valence-corrected chi connectivity index (χ4v) is 6.70. The Kier molecular flexibility index (Phi) is 11.2. The number of amides is 5. The Hall–Kier alpha value is -4.95. The molecule has 0 saturated carbocycles. The van der Waals surface area contributed by atoms with Gasteiger partial charge in [-0.05, 0) is 70.1 Å². The van der Waals surface area contributed by atoms with Crippen LogP contribution in [0.5, 0.6) is 5.75 Å². The third-order valence-corrected chi connectivity index (χ3v) is 9.41. The van der Waals surface area contributed by atoms with E-state index in [1.54, 1.807) is 24.0 Å². The summed E-state index contributed by atoms with van der Waals surface area (Å²) in [6, 6.07) is 5.03. The maximum absolute atomic E-state index is 13.7. The SMILES string of the molecule is Cc1ccc2c(O[C@H](C)C(=O)N3CCC[C@H]3C(=O)N3CCCCC3)cc(C(=O)N[C@@H](CCC(=O)O)C(=O)N3CCN(C(=O)O)CC3)nc2c1. The highest BCUT2D eigenvalue weighted by atomic mass is 16.5. The Labute approximate surface area is 284 Å². The lowest BCUT2D eigenvalue weighted by molar-refractivity contribution is -0.147. The van der Waals surface area contributed by atoms with Gasteiger partial charge in [-0.25, -0.2) is 9.78 Å². The molecule has 15 nitrogen and oxygen atoms in total. The molecule has 5 amide bonds. The Balaban J connectivity index is 1.35. The zero-order valence-corrected chi connectivity index (χ0v) is 27.9. The number of benzene rings is 1. The molecule has 3 N–H and O–H groups in total. The maximum Gasteiger partial charge on any atom is 0.407 e. The minimum absolute atomic E-state index is 0.0303. The third kappa shape index (κ3) is 8.38. The lowest BCUT2D eigenvalue weighted by Crippen LogP contribution is -2.55. The van der Waals surface area contributed by atoms with Gasteiger partial charge in [0.05, 0.1) is 5.52 Å². The first-order valence-corrected chi connectivity index (χ1v) is 16.9. The molecule has 3 aliphatic heterocycles. The summed E-state index contributed by atoms with van der Waals surface area (Å²) in [5.74, 6) is -2.56. The van der Waals surface area contributed by atoms with Crippen molar-refractivity contribution in [1.29, 1.82) is 0 Å². The van der Waals surface area contributed by atoms with Gasteiger partial charge in [-0.2, -0.15) is 0 Å². The molecule has 0 radical (unpaired) electrons. The molecule has 264 valence electrons. The third-order valence-electron chi connectivity index (χ3n) is 9.41. The Morgan fingerprint density at radius 1 is 0.878 bits per heavy atom. The molecule has 4 heterocycles. The topological polar surface area (TPSA) is 190 Å². The van der Waals surface area contributed by atoms with Crippen molar-refractivity contribution in [3.63, 3.8) is 0 Å². The first-order chi connectivity index (χ1) is 23.4. The van der Waals surface area contributed by atoms with Crippen LogP contribution in [0.25, 0.3) is 10.9 Å². The van der Waals surface area contributed by atoms with E-state index in [9.17, 15) is 39.0 Å². The van der Waals surface area contributed by atoms with E-state index in [2.05, 4.69) is 10.3 Å². The number of rotatable bonds is 10. The van der Waals surface area contributed by atoms with Crippen LogP contribution in [-0.4, -0.2) is 134 Å². The number of carbonyl (C=O) groups is 6. The number of carboxylic acid groups (broad SMARTS) is 2. The summed E-state index contributed by atoms with van der Waals surface area (Å²) in [4.78, 5) is 87.4. The first-order valence-electron chi connectivity index (χ1n) is 16.9. The standard InChI is InChI=1S/C34H44N6O9/c1-21-8-9-23-25(19-21)35-26(30(43)36-24(10-11-29(41)42)32(45)38-15-17-39(18-16-38)34(47)48)20-28(23)49-22(2)31(44)40-14-6-7-27(40)33(46)37-12-4-3-5-13-37/h8-9,19-20,22,24,27H,3-7,10-18H2,1-2H3,(H,36,43)(H,41,42)(H,47,48)/t22-,24+,27+/m1/s1. The molecule has 5 rings (SSSR count). The van der Waals surface area contributed by atoms with E-state index in [4.69, 9.17) is 4.74 Å². The summed E-state index contributed by atoms with van der Waals surface area (Å²) < 4.78 is 6.22. The largest absolute Gasteiger partial charge is 0.481 e. The number of aryl methyl sites for hydroxylation is 1. The van der Waals surface area contributed by atoms with Gasteiger partial charge in [0, 0.05) is 63.7 Å². The van der Waals surface area contributed by atoms with Crippen LogP contribution in [0.3, 0.4) is 0 Å². The Bertz CT molecular complexity index is 1600. The minimum Gasteiger partial charge on any atom is -0.481 e. The number of pyridine rings is 1. The normalized spacial score (nSPS) is 19.3. The van der Waals surface area contributed by atoms with E-state index < -0.39 is 42.1 Å². The van der Waals surface area contributed by atoms with E-state index in [-0.39, 0.29) is 62.3 Å². The fraction of sp³-hybridized carbons (Fsp3) is 0.559. The van der Waals surface area contributed by atoms with Crippen LogP contribution in [0, 0.1) is 6.92 Å². The number of fused-ring (bicyclic) bond motifs is 1. The van der Waals surface area contributed by atoms with Gasteiger partial charge in [-0.15, -0.1) is 0 Å². The van der Waals surface area contributed by atoms with Crippen molar-refractivity contribution in [2.75, 3.05) is 45.8 Å². The molecule has 3 atom stereocenters. The number of piperidine rings is 1. The van der Waals surface area contributed by atoms with Crippen LogP contribution < -0.4 is 10.1 Å². The van der Waals surface area contributed by atoms with Gasteiger partial charge in [-0.1, -0.05) is 6.07 Å². The van der Waals surface area contributed by atoms with Crippen LogP contribution in [0.4, 0.5) is 4.79 Å². The van der Waals surface area contributed by atoms with Crippen molar-refractivity contribution in [2.24, 2.45) is 0 Å². The van der Waals surface area contributed by atoms with E-state index in [0.717, 1.165) is 24.8 Å². The number of piperazine rings is 1. The predicted molar refractivity (Wildman–Crippen MR) is 176 cm³/mol. The van der Waals surface area contributed by atoms with Crippen LogP contribution in [0.2, 0.25) is 0 Å². The predicted octanol–water partition coefficient (Wildman–Crippen LogP) is 2.10. The van der Waals surface area contributed by atoms with E-state index >= 15 is 0 Å². The molecular weight excluding hydrogens is 636 g/mol. The average Bonchev–Trinajstić information content (AvgIpc) is 3.59. The fourth-order valence-electron chi connectivity index (χ4n) is 6.70. The maximum atomic E-state index is 13.7. The zero-order chi connectivity index (χ0) is 35.2. The van der Waals surface area contributed by atoms with Gasteiger partial charge in [0.1, 0.15) is 23.5 Å². The lowest BCUT2D eigenvalue weighted by atomic mass is 10.1. The van der Waals surface area contributed by atoms with E-state index in [1.807, 2.05) is 17.9 Å². The van der Waals surface area contributed by atoms with Crippen molar-refractivity contribution >= 4 is 46.6 Å². The number of aliphatic carboxylic acids is 1. The number of carboxylic acids is 1. The highest BCUT2D eigenvalue weighted by Gasteiger charge is 2.39. The van der Waals surface area contributed by atoms with Gasteiger partial charge in [0.15, 0.2) is 6.10 Å². The first kappa shape index (κ1) is 35.4. The van der Waals surface area contributed by atoms with Gasteiger partial charge in [-0.3, -0.25) is 24.0 Å². The molecule has 0 bridgehead atoms. The highest BCUT2D eigenvalue weighted by molar-refractivity contribution is 6.00. The number of nitrogens with zero attached hydrogens (tertiary/aromatic N) is 5. The molecule has 3 aliphatic rings. The van der Waals surface area contributed by atoms with Gasteiger partial charge in [0.2, 0.25) is 11.8 Å². The number of nitrogens with one attached hydrogen (secondary N) is 1. The lowest BCUT2D eigenvalue weighted by Gasteiger charge is -2.35. The number of hydrogen-bond acceptors (Lipinski definition) is 8. The molecule has 0 unspecified atom stereocenters. The summed E-state index contributed by atoms with van der Waals surface area (Å²) >= 11 is 0. The molecule has 3 saturated heterocycles. The summed E-state index contributed by atoms with van der Waals surface area (Å²) in [7, 11) is 0. The van der Waals surface area contributed by atoms with E-state index in [0.29, 0.717) is 43.4 Å². The molecule has 1 aromatic heterocycles. The summed E-state index contributed by atoms with van der Waals surface area (Å²) in [5, 5.41) is 21.8. The Morgan fingerprint density at radius 3 is 2.24 bits per heavy atom. The van der Waals surface area contributed by atoms with E-state index in [1.165, 1.54) is 15.9 Å². The second-order valence-corrected chi connectivity index (χ2v) is 12.9. The monoisotopic (exact) mass is 680 g/mol. The molecule has 2 aromatic rings. The number of likely N-dealkylation sites (tertiary alicyclic amines) is 2. The summed E-state index contributed by atoms with van der Waals surface area (Å²) in [6.45, 7) is 5.68. The van der Waals surface area contributed by atoms with Crippen LogP contribution in [0.15, 0.2) is 24.3 Å². The zero-order valence-electron chi connectivity index (χ0n) is 27.9. The van der Waals surface area contributed by atoms with Crippen molar-refractivity contribution in [3.05, 3.63) is 35.5 Å². The summed E-state index contributed by atoms with van der Waals surface area (Å²) in [5.41, 5.74) is 1.18. The van der Waals surface area contributed by atoms with Crippen LogP contribution >= 0.6 is 0 Å². The molecule has 3 fully saturated rings. The van der Waals surface area contributed by atoms with Crippen LogP contribution in [-0.2, 0) is 19.2 Å². The minimum atomic E-state index is -1.20. The molecule has 49 heavy (non-hydrogen) atoms. The Morgan fingerprint density at radius 2 is 1.57 bits per heavy atom. The quantitative estimate of drug-likeness (QED) is 0.335.